The van der Waals surface area contributed by atoms with E-state index in [4.69, 9.17) is 19.1 Å². The molecule has 0 aliphatic rings. The fourth-order valence-corrected chi connectivity index (χ4v) is 6.18. The van der Waals surface area contributed by atoms with E-state index in [1.807, 2.05) is 6.08 Å². The van der Waals surface area contributed by atoms with Gasteiger partial charge in [-0.25, -0.2) is 4.57 Å². The van der Waals surface area contributed by atoms with Gasteiger partial charge in [0.25, 0.3) is 0 Å². The summed E-state index contributed by atoms with van der Waals surface area (Å²) in [5.41, 5.74) is 0. The van der Waals surface area contributed by atoms with E-state index in [-0.39, 0.29) is 25.2 Å². The van der Waals surface area contributed by atoms with Crippen LogP contribution in [0.2, 0.25) is 0 Å². The van der Waals surface area contributed by atoms with Crippen LogP contribution >= 0.6 is 7.82 Å². The zero-order valence-electron chi connectivity index (χ0n) is 32.5. The Bertz CT molecular complexity index is 985. The van der Waals surface area contributed by atoms with Gasteiger partial charge in [-0.3, -0.25) is 23.4 Å². The monoisotopic (exact) mass is 760 g/mol. The Morgan fingerprint density at radius 1 is 0.615 bits per heavy atom. The number of carbonyl (C=O) groups excluding carboxylic acids is 3. The van der Waals surface area contributed by atoms with Crippen LogP contribution in [0.15, 0.2) is 24.3 Å². The predicted octanol–water partition coefficient (Wildman–Crippen LogP) is 9.40. The maximum atomic E-state index is 12.6. The van der Waals surface area contributed by atoms with Crippen molar-refractivity contribution in [3.8, 4) is 0 Å². The second-order valence-electron chi connectivity index (χ2n) is 13.7. The van der Waals surface area contributed by atoms with Crippen molar-refractivity contribution in [2.45, 2.75) is 187 Å². The predicted molar refractivity (Wildman–Crippen MR) is 206 cm³/mol. The molecule has 11 nitrogen and oxygen atoms in total. The molecule has 0 aromatic rings. The Kier molecular flexibility index (Phi) is 34.8. The maximum Gasteiger partial charge on any atom is 0.472 e. The van der Waals surface area contributed by atoms with Gasteiger partial charge in [-0.2, -0.15) is 0 Å². The first-order chi connectivity index (χ1) is 25.1. The minimum Gasteiger partial charge on any atom is -0.462 e. The number of aliphatic hydroxyl groups excluding tert-OH is 2. The molecule has 0 radical (unpaired) electrons. The fourth-order valence-electron chi connectivity index (χ4n) is 5.39. The second-order valence-corrected chi connectivity index (χ2v) is 15.2. The van der Waals surface area contributed by atoms with E-state index in [2.05, 4.69) is 24.4 Å². The van der Waals surface area contributed by atoms with Gasteiger partial charge >= 0.3 is 19.8 Å². The third kappa shape index (κ3) is 35.2. The largest absolute Gasteiger partial charge is 0.472 e. The van der Waals surface area contributed by atoms with E-state index in [0.29, 0.717) is 19.3 Å². The third-order valence-electron chi connectivity index (χ3n) is 8.58. The van der Waals surface area contributed by atoms with E-state index < -0.39 is 51.8 Å². The molecule has 0 saturated heterocycles. The fraction of sp³-hybridized carbons (Fsp3) is 0.825. The molecule has 52 heavy (non-hydrogen) atoms. The van der Waals surface area contributed by atoms with Crippen molar-refractivity contribution < 1.29 is 52.6 Å². The lowest BCUT2D eigenvalue weighted by Gasteiger charge is -2.20. The van der Waals surface area contributed by atoms with Crippen LogP contribution in [0, 0.1) is 0 Å². The van der Waals surface area contributed by atoms with E-state index in [1.165, 1.54) is 77.0 Å². The summed E-state index contributed by atoms with van der Waals surface area (Å²) in [6.45, 7) is 2.19. The molecule has 0 heterocycles. The van der Waals surface area contributed by atoms with Crippen molar-refractivity contribution in [2.75, 3.05) is 26.4 Å². The van der Waals surface area contributed by atoms with Crippen molar-refractivity contribution in [3.63, 3.8) is 0 Å². The number of esters is 2. The molecule has 0 aromatic carbocycles. The van der Waals surface area contributed by atoms with Crippen LogP contribution in [0.4, 0.5) is 0 Å². The van der Waals surface area contributed by atoms with Crippen molar-refractivity contribution in [3.05, 3.63) is 24.3 Å². The first kappa shape index (κ1) is 50.1. The summed E-state index contributed by atoms with van der Waals surface area (Å²) in [4.78, 5) is 46.9. The van der Waals surface area contributed by atoms with Gasteiger partial charge in [-0.05, 0) is 38.2 Å². The van der Waals surface area contributed by atoms with Crippen molar-refractivity contribution >= 4 is 25.5 Å². The van der Waals surface area contributed by atoms with Crippen LogP contribution in [0.1, 0.15) is 174 Å². The van der Waals surface area contributed by atoms with Gasteiger partial charge in [0, 0.05) is 19.3 Å². The first-order valence-electron chi connectivity index (χ1n) is 20.2. The summed E-state index contributed by atoms with van der Waals surface area (Å²) >= 11 is 0. The van der Waals surface area contributed by atoms with Gasteiger partial charge in [0.2, 0.25) is 0 Å². The number of hydrogen-bond acceptors (Lipinski definition) is 10. The van der Waals surface area contributed by atoms with Gasteiger partial charge in [0.15, 0.2) is 11.9 Å². The molecule has 12 heteroatoms. The molecule has 0 aliphatic heterocycles. The summed E-state index contributed by atoms with van der Waals surface area (Å²) in [7, 11) is -4.64. The normalized spacial score (nSPS) is 14.1. The zero-order chi connectivity index (χ0) is 38.5. The van der Waals surface area contributed by atoms with Crippen LogP contribution in [-0.4, -0.2) is 71.5 Å². The van der Waals surface area contributed by atoms with Crippen LogP contribution in [0.3, 0.4) is 0 Å². The molecule has 0 fully saturated rings. The van der Waals surface area contributed by atoms with Crippen LogP contribution in [-0.2, 0) is 37.5 Å². The smallest absolute Gasteiger partial charge is 0.462 e. The maximum absolute atomic E-state index is 12.6. The summed E-state index contributed by atoms with van der Waals surface area (Å²) in [5.74, 6) is -0.905. The number of ether oxygens (including phenoxy) is 2. The summed E-state index contributed by atoms with van der Waals surface area (Å²) in [6, 6.07) is 0. The van der Waals surface area contributed by atoms with Gasteiger partial charge < -0.3 is 24.6 Å². The highest BCUT2D eigenvalue weighted by atomic mass is 31.2. The van der Waals surface area contributed by atoms with Crippen LogP contribution in [0.5, 0.6) is 0 Å². The minimum atomic E-state index is -4.64. The molecule has 0 aliphatic carbocycles. The van der Waals surface area contributed by atoms with E-state index in [1.54, 1.807) is 12.2 Å². The van der Waals surface area contributed by atoms with Gasteiger partial charge in [-0.1, -0.05) is 141 Å². The number of unbranched alkanes of at least 4 members (excludes halogenated alkanes) is 19. The topological polar surface area (TPSA) is 166 Å². The quantitative estimate of drug-likeness (QED) is 0.0180. The average molecular weight is 761 g/mol. The molecule has 304 valence electrons. The number of phosphoric acid groups is 1. The lowest BCUT2D eigenvalue weighted by Crippen LogP contribution is -2.29. The highest BCUT2D eigenvalue weighted by Gasteiger charge is 2.27. The SMILES string of the molecule is CCCCC/C=C\C=C\C(=O)CCCCCCCC(=O)OC[C@H](COP(=O)(O)OC[C@@H](O)CO)OC(=O)CCCCCCCCCCCCCCC. The Morgan fingerprint density at radius 3 is 1.65 bits per heavy atom. The Morgan fingerprint density at radius 2 is 1.10 bits per heavy atom. The average Bonchev–Trinajstić information content (AvgIpc) is 3.12. The first-order valence-corrected chi connectivity index (χ1v) is 21.7. The Labute approximate surface area is 314 Å². The van der Waals surface area contributed by atoms with Crippen molar-refractivity contribution in [1.29, 1.82) is 0 Å². The molecule has 0 rings (SSSR count). The Balaban J connectivity index is 4.41. The number of aliphatic hydroxyl groups is 2. The molecule has 3 atom stereocenters. The molecule has 3 N–H and O–H groups in total. The standard InChI is InChI=1S/C40H73O11P/c1-3-5-7-9-11-12-13-14-15-16-18-22-27-31-40(45)51-38(35-50-52(46,47)49-33-37(43)32-41)34-48-39(44)30-26-23-19-21-25-29-36(42)28-24-20-17-10-8-6-4-2/h17,20,24,28,37-38,41,43H,3-16,18-19,21-23,25-27,29-35H2,1-2H3,(H,46,47)/b20-17-,28-24+/t37-,38+/m0/s1. The second kappa shape index (κ2) is 36.1. The van der Waals surface area contributed by atoms with Gasteiger partial charge in [0.1, 0.15) is 12.7 Å². The van der Waals surface area contributed by atoms with Crippen LogP contribution in [0.25, 0.3) is 0 Å². The lowest BCUT2D eigenvalue weighted by atomic mass is 10.0. The van der Waals surface area contributed by atoms with E-state index in [0.717, 1.165) is 51.4 Å². The molecule has 0 spiro atoms. The van der Waals surface area contributed by atoms with E-state index >= 15 is 0 Å². The lowest BCUT2D eigenvalue weighted by molar-refractivity contribution is -0.161. The number of rotatable bonds is 38. The molecule has 0 amide bonds. The highest BCUT2D eigenvalue weighted by Crippen LogP contribution is 2.43. The molecular formula is C40H73O11P. The molecule has 0 saturated carbocycles. The number of allylic oxidation sites excluding steroid dienone is 4. The highest BCUT2D eigenvalue weighted by molar-refractivity contribution is 7.47. The number of carbonyl (C=O) groups is 3. The number of phosphoric ester groups is 1. The molecule has 1 unspecified atom stereocenters. The van der Waals surface area contributed by atoms with Crippen molar-refractivity contribution in [2.24, 2.45) is 0 Å². The Hall–Kier alpha value is -1.88. The van der Waals surface area contributed by atoms with E-state index in [9.17, 15) is 28.9 Å². The molecule has 0 bridgehead atoms. The van der Waals surface area contributed by atoms with Gasteiger partial charge in [0.05, 0.1) is 19.8 Å². The summed E-state index contributed by atoms with van der Waals surface area (Å²) < 4.78 is 32.5. The number of ketones is 1. The number of hydrogen-bond donors (Lipinski definition) is 3. The third-order valence-corrected chi connectivity index (χ3v) is 9.54. The van der Waals surface area contributed by atoms with Crippen molar-refractivity contribution in [1.82, 2.24) is 0 Å². The zero-order valence-corrected chi connectivity index (χ0v) is 33.4. The molecule has 0 aromatic heterocycles. The minimum absolute atomic E-state index is 0.109. The summed E-state index contributed by atoms with van der Waals surface area (Å²) in [5, 5.41) is 18.3. The molecular weight excluding hydrogens is 687 g/mol. The van der Waals surface area contributed by atoms with Crippen LogP contribution < -0.4 is 0 Å². The summed E-state index contributed by atoms with van der Waals surface area (Å²) in [6.07, 6.45) is 29.6. The van der Waals surface area contributed by atoms with Gasteiger partial charge in [-0.15, -0.1) is 0 Å².